The average Bonchev–Trinajstić information content (AvgIpc) is 2.68. The van der Waals surface area contributed by atoms with E-state index >= 15 is 0 Å². The Kier molecular flexibility index (Phi) is 4.11. The summed E-state index contributed by atoms with van der Waals surface area (Å²) < 4.78 is 0. The van der Waals surface area contributed by atoms with Crippen LogP contribution in [-0.2, 0) is 0 Å². The third-order valence-electron chi connectivity index (χ3n) is 3.17. The minimum atomic E-state index is -0.151. The molecule has 6 heteroatoms. The number of nitrogens with two attached hydrogens (primary N) is 1. The number of aliphatic imine (C=N–C) groups is 1. The van der Waals surface area contributed by atoms with Crippen LogP contribution in [-0.4, -0.2) is 22.4 Å². The maximum absolute atomic E-state index is 12.2. The molecule has 1 aromatic carbocycles. The fourth-order valence-electron chi connectivity index (χ4n) is 1.78. The number of carbonyl (C=O) groups excluding carboxylic acids is 1. The number of carbonyl (C=O) groups is 1. The van der Waals surface area contributed by atoms with Gasteiger partial charge in [0.05, 0.1) is 6.04 Å². The number of nitrogens with one attached hydrogen (secondary N) is 2. The van der Waals surface area contributed by atoms with Gasteiger partial charge in [0.25, 0.3) is 5.91 Å². The van der Waals surface area contributed by atoms with Crippen LogP contribution >= 0.6 is 11.8 Å². The highest BCUT2D eigenvalue weighted by Gasteiger charge is 2.24. The average molecular weight is 278 g/mol. The smallest absolute Gasteiger partial charge is 0.257 e. The van der Waals surface area contributed by atoms with Crippen molar-refractivity contribution >= 4 is 28.5 Å². The van der Waals surface area contributed by atoms with Gasteiger partial charge in [0.2, 0.25) is 0 Å². The van der Waals surface area contributed by atoms with Crippen molar-refractivity contribution in [2.75, 3.05) is 5.43 Å². The number of hydrogen-bond donors (Lipinski definition) is 3. The Morgan fingerprint density at radius 3 is 2.74 bits per heavy atom. The van der Waals surface area contributed by atoms with Crippen molar-refractivity contribution in [2.24, 2.45) is 10.8 Å². The van der Waals surface area contributed by atoms with Gasteiger partial charge in [-0.1, -0.05) is 24.8 Å². The van der Waals surface area contributed by atoms with E-state index in [1.807, 2.05) is 26.0 Å². The van der Waals surface area contributed by atoms with Crippen LogP contribution in [0, 0.1) is 6.92 Å². The van der Waals surface area contributed by atoms with Crippen molar-refractivity contribution in [1.29, 1.82) is 0 Å². The quantitative estimate of drug-likeness (QED) is 0.570. The Labute approximate surface area is 117 Å². The van der Waals surface area contributed by atoms with Crippen LogP contribution in [0.25, 0.3) is 0 Å². The molecule has 102 valence electrons. The molecular weight excluding hydrogens is 260 g/mol. The van der Waals surface area contributed by atoms with Crippen LogP contribution in [0.1, 0.15) is 29.8 Å². The van der Waals surface area contributed by atoms with Crippen molar-refractivity contribution < 1.29 is 4.79 Å². The molecule has 4 N–H and O–H groups in total. The number of anilines is 1. The lowest BCUT2D eigenvalue weighted by Gasteiger charge is -2.09. The summed E-state index contributed by atoms with van der Waals surface area (Å²) in [5.41, 5.74) is 4.76. The second kappa shape index (κ2) is 5.63. The molecule has 0 fully saturated rings. The van der Waals surface area contributed by atoms with Crippen LogP contribution in [0.2, 0.25) is 0 Å². The first kappa shape index (κ1) is 13.9. The molecule has 2 atom stereocenters. The molecule has 1 heterocycles. The third kappa shape index (κ3) is 3.08. The molecule has 1 aromatic rings. The van der Waals surface area contributed by atoms with Crippen molar-refractivity contribution in [3.8, 4) is 0 Å². The van der Waals surface area contributed by atoms with E-state index in [1.54, 1.807) is 17.8 Å². The zero-order valence-electron chi connectivity index (χ0n) is 11.2. The summed E-state index contributed by atoms with van der Waals surface area (Å²) in [6.07, 6.45) is 0. The Hall–Kier alpha value is -1.53. The van der Waals surface area contributed by atoms with Crippen molar-refractivity contribution in [2.45, 2.75) is 32.1 Å². The largest absolute Gasteiger partial charge is 0.324 e. The van der Waals surface area contributed by atoms with Crippen molar-refractivity contribution in [3.05, 3.63) is 29.3 Å². The Morgan fingerprint density at radius 1 is 1.42 bits per heavy atom. The van der Waals surface area contributed by atoms with Gasteiger partial charge in [-0.25, -0.2) is 0 Å². The molecule has 0 aliphatic carbocycles. The lowest BCUT2D eigenvalue weighted by molar-refractivity contribution is 0.0977. The summed E-state index contributed by atoms with van der Waals surface area (Å²) in [5, 5.41) is 3.94. The maximum atomic E-state index is 12.2. The second-order valence-corrected chi connectivity index (χ2v) is 5.99. The minimum absolute atomic E-state index is 0.151. The van der Waals surface area contributed by atoms with E-state index in [0.717, 1.165) is 5.56 Å². The lowest BCUT2D eigenvalue weighted by Crippen LogP contribution is -2.28. The maximum Gasteiger partial charge on any atom is 0.257 e. The van der Waals surface area contributed by atoms with Gasteiger partial charge >= 0.3 is 0 Å². The van der Waals surface area contributed by atoms with Crippen LogP contribution < -0.4 is 16.6 Å². The van der Waals surface area contributed by atoms with E-state index < -0.39 is 0 Å². The predicted molar refractivity (Wildman–Crippen MR) is 80.4 cm³/mol. The first-order valence-corrected chi connectivity index (χ1v) is 7.02. The van der Waals surface area contributed by atoms with Gasteiger partial charge < -0.3 is 10.7 Å². The predicted octanol–water partition coefficient (Wildman–Crippen LogP) is 1.89. The summed E-state index contributed by atoms with van der Waals surface area (Å²) in [4.78, 5) is 16.6. The number of hydrogen-bond acceptors (Lipinski definition) is 5. The number of nitrogen functional groups attached to an aromatic ring is 1. The molecule has 0 spiro atoms. The zero-order valence-corrected chi connectivity index (χ0v) is 12.0. The van der Waals surface area contributed by atoms with Crippen LogP contribution in [0.3, 0.4) is 0 Å². The summed E-state index contributed by atoms with van der Waals surface area (Å²) >= 11 is 1.59. The number of aryl methyl sites for hydroxylation is 1. The fraction of sp³-hybridized carbons (Fsp3) is 0.385. The number of benzene rings is 1. The molecule has 1 amide bonds. The molecular formula is C13H18N4OS. The minimum Gasteiger partial charge on any atom is -0.324 e. The van der Waals surface area contributed by atoms with Crippen LogP contribution in [0.4, 0.5) is 5.69 Å². The normalized spacial score (nSPS) is 22.0. The Balaban J connectivity index is 2.14. The number of rotatable bonds is 2. The van der Waals surface area contributed by atoms with Crippen LogP contribution in [0.15, 0.2) is 23.2 Å². The number of thioether (sulfide) groups is 1. The number of amides is 1. The highest BCUT2D eigenvalue weighted by Crippen LogP contribution is 2.25. The monoisotopic (exact) mass is 278 g/mol. The SMILES string of the molecule is Cc1ccc(NN)cc1C(=O)NC1=NC(C)C(C)S1. The molecule has 19 heavy (non-hydrogen) atoms. The van der Waals surface area contributed by atoms with E-state index in [4.69, 9.17) is 5.84 Å². The number of nitrogens with zero attached hydrogens (tertiary/aromatic N) is 1. The fourth-order valence-corrected chi connectivity index (χ4v) is 2.77. The first-order valence-electron chi connectivity index (χ1n) is 6.14. The standard InChI is InChI=1S/C13H18N4OS/c1-7-4-5-10(17-14)6-11(7)12(18)16-13-15-8(2)9(3)19-13/h4-6,8-9,17H,14H2,1-3H3,(H,15,16,18). The third-order valence-corrected chi connectivity index (χ3v) is 4.36. The van der Waals surface area contributed by atoms with Gasteiger partial charge in [-0.15, -0.1) is 0 Å². The molecule has 5 nitrogen and oxygen atoms in total. The number of hydrazine groups is 1. The second-order valence-electron chi connectivity index (χ2n) is 4.63. The van der Waals surface area contributed by atoms with Gasteiger partial charge in [-0.05, 0) is 31.5 Å². The van der Waals surface area contributed by atoms with Crippen molar-refractivity contribution in [3.63, 3.8) is 0 Å². The molecule has 0 saturated heterocycles. The highest BCUT2D eigenvalue weighted by molar-refractivity contribution is 8.14. The van der Waals surface area contributed by atoms with E-state index in [0.29, 0.717) is 21.7 Å². The van der Waals surface area contributed by atoms with E-state index in [2.05, 4.69) is 22.7 Å². The Morgan fingerprint density at radius 2 is 2.16 bits per heavy atom. The van der Waals surface area contributed by atoms with Gasteiger partial charge in [0, 0.05) is 16.5 Å². The highest BCUT2D eigenvalue weighted by atomic mass is 32.2. The molecule has 2 unspecified atom stereocenters. The van der Waals surface area contributed by atoms with Crippen molar-refractivity contribution in [1.82, 2.24) is 5.32 Å². The topological polar surface area (TPSA) is 79.5 Å². The zero-order chi connectivity index (χ0) is 14.0. The lowest BCUT2D eigenvalue weighted by atomic mass is 10.1. The Bertz CT molecular complexity index is 529. The summed E-state index contributed by atoms with van der Waals surface area (Å²) in [5.74, 6) is 5.21. The molecule has 0 saturated carbocycles. The van der Waals surface area contributed by atoms with Crippen LogP contribution in [0.5, 0.6) is 0 Å². The van der Waals surface area contributed by atoms with E-state index in [9.17, 15) is 4.79 Å². The summed E-state index contributed by atoms with van der Waals surface area (Å²) in [6.45, 7) is 6.04. The molecule has 0 radical (unpaired) electrons. The van der Waals surface area contributed by atoms with Gasteiger partial charge in [-0.3, -0.25) is 15.6 Å². The molecule has 0 aromatic heterocycles. The molecule has 2 rings (SSSR count). The summed E-state index contributed by atoms with van der Waals surface area (Å²) in [6, 6.07) is 5.66. The molecule has 1 aliphatic heterocycles. The summed E-state index contributed by atoms with van der Waals surface area (Å²) in [7, 11) is 0. The molecule has 0 bridgehead atoms. The van der Waals surface area contributed by atoms with Gasteiger partial charge in [0.1, 0.15) is 0 Å². The van der Waals surface area contributed by atoms with Gasteiger partial charge in [-0.2, -0.15) is 0 Å². The first-order chi connectivity index (χ1) is 9.01. The van der Waals surface area contributed by atoms with Gasteiger partial charge in [0.15, 0.2) is 5.17 Å². The molecule has 1 aliphatic rings. The van der Waals surface area contributed by atoms with E-state index in [-0.39, 0.29) is 11.9 Å². The number of amidine groups is 1. The van der Waals surface area contributed by atoms with E-state index in [1.165, 1.54) is 0 Å².